The van der Waals surface area contributed by atoms with Crippen molar-refractivity contribution in [2.24, 2.45) is 10.9 Å². The van der Waals surface area contributed by atoms with Crippen molar-refractivity contribution in [3.05, 3.63) is 45.9 Å². The van der Waals surface area contributed by atoms with Crippen LogP contribution in [0.3, 0.4) is 0 Å². The number of carbonyl (C=O) groups is 1. The standard InChI is InChI=1S/C20H29N5OS.HI/c1-14(2)10-19(26)25-17-7-5-6-16(11-17)12-23-20(21-4)22-9-8-18-13-27-15(3)24-18;/h5-7,11,13-14H,8-10,12H2,1-4H3,(H,25,26)(H2,21,22,23);1H. The first-order chi connectivity index (χ1) is 13.0. The second-order valence-electron chi connectivity index (χ2n) is 6.81. The fourth-order valence-electron chi connectivity index (χ4n) is 2.58. The lowest BCUT2D eigenvalue weighted by atomic mass is 10.1. The number of amides is 1. The maximum atomic E-state index is 11.9. The average Bonchev–Trinajstić information content (AvgIpc) is 3.02. The van der Waals surface area contributed by atoms with Gasteiger partial charge in [0.15, 0.2) is 5.96 Å². The Kier molecular flexibility index (Phi) is 11.1. The van der Waals surface area contributed by atoms with Crippen LogP contribution in [0.4, 0.5) is 5.69 Å². The molecule has 8 heteroatoms. The van der Waals surface area contributed by atoms with Crippen LogP contribution in [0, 0.1) is 12.8 Å². The summed E-state index contributed by atoms with van der Waals surface area (Å²) in [7, 11) is 1.75. The summed E-state index contributed by atoms with van der Waals surface area (Å²) in [5.41, 5.74) is 3.00. The fourth-order valence-corrected chi connectivity index (χ4v) is 3.23. The van der Waals surface area contributed by atoms with Crippen molar-refractivity contribution in [3.63, 3.8) is 0 Å². The van der Waals surface area contributed by atoms with E-state index in [1.807, 2.05) is 45.0 Å². The van der Waals surface area contributed by atoms with Crippen molar-refractivity contribution in [2.75, 3.05) is 18.9 Å². The first kappa shape index (κ1) is 24.4. The molecule has 28 heavy (non-hydrogen) atoms. The molecule has 0 aliphatic rings. The Hall–Kier alpha value is -1.68. The zero-order chi connectivity index (χ0) is 19.6. The quantitative estimate of drug-likeness (QED) is 0.283. The van der Waals surface area contributed by atoms with Crippen LogP contribution in [0.15, 0.2) is 34.6 Å². The van der Waals surface area contributed by atoms with Crippen LogP contribution < -0.4 is 16.0 Å². The monoisotopic (exact) mass is 515 g/mol. The van der Waals surface area contributed by atoms with Gasteiger partial charge in [-0.1, -0.05) is 26.0 Å². The van der Waals surface area contributed by atoms with E-state index in [0.717, 1.165) is 40.9 Å². The summed E-state index contributed by atoms with van der Waals surface area (Å²) in [6, 6.07) is 7.86. The molecular weight excluding hydrogens is 485 g/mol. The van der Waals surface area contributed by atoms with Crippen molar-refractivity contribution in [1.82, 2.24) is 15.6 Å². The molecule has 0 radical (unpaired) electrons. The van der Waals surface area contributed by atoms with E-state index >= 15 is 0 Å². The average molecular weight is 515 g/mol. The second-order valence-corrected chi connectivity index (χ2v) is 7.87. The van der Waals surface area contributed by atoms with Crippen molar-refractivity contribution in [1.29, 1.82) is 0 Å². The van der Waals surface area contributed by atoms with Gasteiger partial charge < -0.3 is 16.0 Å². The van der Waals surface area contributed by atoms with Crippen LogP contribution in [-0.4, -0.2) is 30.4 Å². The number of benzene rings is 1. The molecule has 2 rings (SSSR count). The number of hydrogen-bond donors (Lipinski definition) is 3. The Morgan fingerprint density at radius 1 is 1.29 bits per heavy atom. The van der Waals surface area contributed by atoms with Crippen LogP contribution in [0.2, 0.25) is 0 Å². The molecule has 1 heterocycles. The molecule has 0 saturated heterocycles. The van der Waals surface area contributed by atoms with Gasteiger partial charge in [-0.3, -0.25) is 9.79 Å². The number of carbonyl (C=O) groups excluding carboxylic acids is 1. The minimum atomic E-state index is 0. The lowest BCUT2D eigenvalue weighted by Gasteiger charge is -2.13. The van der Waals surface area contributed by atoms with Crippen molar-refractivity contribution in [2.45, 2.75) is 40.2 Å². The maximum absolute atomic E-state index is 11.9. The molecule has 1 amide bonds. The van der Waals surface area contributed by atoms with Crippen LogP contribution in [0.25, 0.3) is 0 Å². The largest absolute Gasteiger partial charge is 0.356 e. The summed E-state index contributed by atoms with van der Waals surface area (Å²) >= 11 is 1.67. The number of rotatable bonds is 8. The van der Waals surface area contributed by atoms with Gasteiger partial charge in [-0.2, -0.15) is 0 Å². The second kappa shape index (κ2) is 12.7. The van der Waals surface area contributed by atoms with E-state index in [4.69, 9.17) is 0 Å². The third-order valence-corrected chi connectivity index (χ3v) is 4.65. The zero-order valence-corrected chi connectivity index (χ0v) is 20.1. The minimum absolute atomic E-state index is 0. The molecule has 3 N–H and O–H groups in total. The van der Waals surface area contributed by atoms with Gasteiger partial charge in [0, 0.05) is 44.0 Å². The molecule has 0 fully saturated rings. The summed E-state index contributed by atoms with van der Waals surface area (Å²) in [4.78, 5) is 20.6. The molecule has 0 bridgehead atoms. The van der Waals surface area contributed by atoms with E-state index < -0.39 is 0 Å². The molecule has 0 unspecified atom stereocenters. The predicted octanol–water partition coefficient (Wildman–Crippen LogP) is 3.96. The smallest absolute Gasteiger partial charge is 0.224 e. The molecule has 1 aromatic heterocycles. The van der Waals surface area contributed by atoms with Gasteiger partial charge in [0.25, 0.3) is 0 Å². The number of halogens is 1. The van der Waals surface area contributed by atoms with Gasteiger partial charge in [0.1, 0.15) is 0 Å². The highest BCUT2D eigenvalue weighted by Gasteiger charge is 2.06. The first-order valence-electron chi connectivity index (χ1n) is 9.20. The van der Waals surface area contributed by atoms with Gasteiger partial charge in [0.05, 0.1) is 10.7 Å². The van der Waals surface area contributed by atoms with E-state index in [9.17, 15) is 4.79 Å². The number of nitrogens with zero attached hydrogens (tertiary/aromatic N) is 2. The number of hydrogen-bond acceptors (Lipinski definition) is 4. The number of anilines is 1. The number of aromatic nitrogens is 1. The van der Waals surface area contributed by atoms with Crippen LogP contribution >= 0.6 is 35.3 Å². The van der Waals surface area contributed by atoms with Gasteiger partial charge in [0.2, 0.25) is 5.91 Å². The molecule has 0 aliphatic carbocycles. The Morgan fingerprint density at radius 2 is 2.07 bits per heavy atom. The molecule has 0 aliphatic heterocycles. The van der Waals surface area contributed by atoms with E-state index in [-0.39, 0.29) is 29.9 Å². The lowest BCUT2D eigenvalue weighted by molar-refractivity contribution is -0.116. The van der Waals surface area contributed by atoms with Gasteiger partial charge in [-0.15, -0.1) is 35.3 Å². The van der Waals surface area contributed by atoms with E-state index in [1.165, 1.54) is 0 Å². The first-order valence-corrected chi connectivity index (χ1v) is 10.1. The van der Waals surface area contributed by atoms with Crippen molar-refractivity contribution >= 4 is 52.9 Å². The Labute approximate surface area is 188 Å². The molecule has 1 aromatic carbocycles. The molecule has 6 nitrogen and oxygen atoms in total. The van der Waals surface area contributed by atoms with E-state index in [0.29, 0.717) is 18.9 Å². The van der Waals surface area contributed by atoms with Crippen LogP contribution in [-0.2, 0) is 17.8 Å². The Bertz CT molecular complexity index is 775. The predicted molar refractivity (Wildman–Crippen MR) is 129 cm³/mol. The topological polar surface area (TPSA) is 78.4 Å². The highest BCUT2D eigenvalue weighted by Crippen LogP contribution is 2.12. The highest BCUT2D eigenvalue weighted by atomic mass is 127. The molecule has 154 valence electrons. The van der Waals surface area contributed by atoms with Gasteiger partial charge >= 0.3 is 0 Å². The fraction of sp³-hybridized carbons (Fsp3) is 0.450. The Morgan fingerprint density at radius 3 is 2.71 bits per heavy atom. The molecule has 0 spiro atoms. The minimum Gasteiger partial charge on any atom is -0.356 e. The number of aliphatic imine (C=N–C) groups is 1. The van der Waals surface area contributed by atoms with Gasteiger partial charge in [-0.05, 0) is 30.5 Å². The number of aryl methyl sites for hydroxylation is 1. The summed E-state index contributed by atoms with van der Waals surface area (Å²) in [5, 5.41) is 12.7. The van der Waals surface area contributed by atoms with Crippen LogP contribution in [0.5, 0.6) is 0 Å². The summed E-state index contributed by atoms with van der Waals surface area (Å²) in [5.74, 6) is 1.14. The molecular formula is C20H30IN5OS. The van der Waals surface area contributed by atoms with Gasteiger partial charge in [-0.25, -0.2) is 4.98 Å². The molecule has 0 saturated carbocycles. The SMILES string of the molecule is CN=C(NCCc1csc(C)n1)NCc1cccc(NC(=O)CC(C)C)c1.I. The maximum Gasteiger partial charge on any atom is 0.224 e. The highest BCUT2D eigenvalue weighted by molar-refractivity contribution is 14.0. The molecule has 0 atom stereocenters. The Balaban J connectivity index is 0.00000392. The molecule has 2 aromatic rings. The van der Waals surface area contributed by atoms with Crippen molar-refractivity contribution in [3.8, 4) is 0 Å². The third kappa shape index (κ3) is 9.01. The van der Waals surface area contributed by atoms with Crippen LogP contribution in [0.1, 0.15) is 36.5 Å². The van der Waals surface area contributed by atoms with E-state index in [1.54, 1.807) is 18.4 Å². The van der Waals surface area contributed by atoms with Crippen molar-refractivity contribution < 1.29 is 4.79 Å². The number of thiazole rings is 1. The summed E-state index contributed by atoms with van der Waals surface area (Å²) < 4.78 is 0. The lowest BCUT2D eigenvalue weighted by Crippen LogP contribution is -2.37. The number of guanidine groups is 1. The number of nitrogens with one attached hydrogen (secondary N) is 3. The summed E-state index contributed by atoms with van der Waals surface area (Å²) in [6.45, 7) is 7.49. The zero-order valence-electron chi connectivity index (χ0n) is 16.9. The van der Waals surface area contributed by atoms with E-state index in [2.05, 4.69) is 31.3 Å². The normalized spacial score (nSPS) is 11.1. The third-order valence-electron chi connectivity index (χ3n) is 3.83. The summed E-state index contributed by atoms with van der Waals surface area (Å²) in [6.07, 6.45) is 1.39.